The lowest BCUT2D eigenvalue weighted by molar-refractivity contribution is -0.0560. The monoisotopic (exact) mass is 375 g/mol. The number of morpholine rings is 1. The Hall–Kier alpha value is -2.54. The van der Waals surface area contributed by atoms with Crippen molar-refractivity contribution >= 4 is 17.1 Å². The standard InChI is InChI=1S/C20H25NO6/c1-13-15-7-5-6-8-16(15)26-18(22)17(13)25-12-14-11-21(9-10-24-14)19(23)27-20(2,3)4/h5-8,14H,9-12H2,1-4H3. The van der Waals surface area contributed by atoms with E-state index in [9.17, 15) is 9.59 Å². The van der Waals surface area contributed by atoms with Gasteiger partial charge in [0, 0.05) is 17.5 Å². The van der Waals surface area contributed by atoms with Crippen molar-refractivity contribution in [2.75, 3.05) is 26.3 Å². The highest BCUT2D eigenvalue weighted by molar-refractivity contribution is 5.81. The second-order valence-electron chi connectivity index (χ2n) is 7.57. The Morgan fingerprint density at radius 2 is 2.04 bits per heavy atom. The maximum absolute atomic E-state index is 12.2. The number of benzene rings is 1. The number of amides is 1. The number of nitrogens with zero attached hydrogens (tertiary/aromatic N) is 1. The minimum Gasteiger partial charge on any atom is -0.483 e. The molecule has 146 valence electrons. The summed E-state index contributed by atoms with van der Waals surface area (Å²) in [7, 11) is 0. The van der Waals surface area contributed by atoms with E-state index in [1.165, 1.54) is 0 Å². The Kier molecular flexibility index (Phi) is 5.41. The molecular weight excluding hydrogens is 350 g/mol. The molecule has 0 bridgehead atoms. The van der Waals surface area contributed by atoms with Gasteiger partial charge in [0.1, 0.15) is 23.9 Å². The number of hydrogen-bond acceptors (Lipinski definition) is 6. The molecule has 2 heterocycles. The lowest BCUT2D eigenvalue weighted by Gasteiger charge is -2.34. The molecule has 1 atom stereocenters. The predicted octanol–water partition coefficient (Wildman–Crippen LogP) is 3.12. The van der Waals surface area contributed by atoms with Gasteiger partial charge < -0.3 is 23.5 Å². The number of ether oxygens (including phenoxy) is 3. The van der Waals surface area contributed by atoms with Gasteiger partial charge in [-0.25, -0.2) is 9.59 Å². The molecule has 1 saturated heterocycles. The van der Waals surface area contributed by atoms with E-state index in [0.717, 1.165) is 10.9 Å². The van der Waals surface area contributed by atoms with Gasteiger partial charge in [-0.1, -0.05) is 18.2 Å². The third-order valence-corrected chi connectivity index (χ3v) is 4.22. The molecular formula is C20H25NO6. The summed E-state index contributed by atoms with van der Waals surface area (Å²) >= 11 is 0. The lowest BCUT2D eigenvalue weighted by Crippen LogP contribution is -2.49. The van der Waals surface area contributed by atoms with Crippen molar-refractivity contribution < 1.29 is 23.4 Å². The van der Waals surface area contributed by atoms with Crippen LogP contribution in [0.15, 0.2) is 33.5 Å². The van der Waals surface area contributed by atoms with Gasteiger partial charge in [0.2, 0.25) is 5.75 Å². The molecule has 27 heavy (non-hydrogen) atoms. The van der Waals surface area contributed by atoms with E-state index in [1.807, 2.05) is 45.9 Å². The van der Waals surface area contributed by atoms with Gasteiger partial charge in [-0.05, 0) is 33.8 Å². The predicted molar refractivity (Wildman–Crippen MR) is 100 cm³/mol. The van der Waals surface area contributed by atoms with E-state index in [0.29, 0.717) is 25.3 Å². The molecule has 1 aliphatic rings. The van der Waals surface area contributed by atoms with E-state index in [2.05, 4.69) is 0 Å². The van der Waals surface area contributed by atoms with Crippen LogP contribution in [-0.4, -0.2) is 49.0 Å². The van der Waals surface area contributed by atoms with E-state index < -0.39 is 11.2 Å². The maximum Gasteiger partial charge on any atom is 0.410 e. The van der Waals surface area contributed by atoms with Crippen LogP contribution >= 0.6 is 0 Å². The van der Waals surface area contributed by atoms with Crippen LogP contribution < -0.4 is 10.4 Å². The van der Waals surface area contributed by atoms with Gasteiger partial charge in [-0.2, -0.15) is 0 Å². The van der Waals surface area contributed by atoms with Gasteiger partial charge in [0.15, 0.2) is 0 Å². The van der Waals surface area contributed by atoms with E-state index in [1.54, 1.807) is 11.0 Å². The summed E-state index contributed by atoms with van der Waals surface area (Å²) in [4.78, 5) is 26.1. The lowest BCUT2D eigenvalue weighted by atomic mass is 10.1. The highest BCUT2D eigenvalue weighted by atomic mass is 16.6. The molecule has 1 unspecified atom stereocenters. The van der Waals surface area contributed by atoms with Gasteiger partial charge in [-0.3, -0.25) is 0 Å². The van der Waals surface area contributed by atoms with Crippen molar-refractivity contribution in [3.63, 3.8) is 0 Å². The molecule has 1 amide bonds. The highest BCUT2D eigenvalue weighted by Gasteiger charge is 2.29. The maximum atomic E-state index is 12.2. The number of aryl methyl sites for hydroxylation is 1. The van der Waals surface area contributed by atoms with Crippen LogP contribution in [0.2, 0.25) is 0 Å². The summed E-state index contributed by atoms with van der Waals surface area (Å²) < 4.78 is 22.1. The Balaban J connectivity index is 1.67. The molecule has 0 radical (unpaired) electrons. The first-order chi connectivity index (χ1) is 12.7. The highest BCUT2D eigenvalue weighted by Crippen LogP contribution is 2.24. The zero-order chi connectivity index (χ0) is 19.6. The number of carbonyl (C=O) groups is 1. The van der Waals surface area contributed by atoms with Crippen molar-refractivity contribution in [1.29, 1.82) is 0 Å². The molecule has 1 aliphatic heterocycles. The van der Waals surface area contributed by atoms with Crippen molar-refractivity contribution in [2.45, 2.75) is 39.4 Å². The van der Waals surface area contributed by atoms with Crippen LogP contribution in [0.4, 0.5) is 4.79 Å². The summed E-state index contributed by atoms with van der Waals surface area (Å²) in [6.45, 7) is 8.63. The molecule has 7 heteroatoms. The fourth-order valence-corrected chi connectivity index (χ4v) is 2.94. The summed E-state index contributed by atoms with van der Waals surface area (Å²) in [5.74, 6) is 0.173. The molecule has 3 rings (SSSR count). The van der Waals surface area contributed by atoms with Crippen molar-refractivity contribution in [1.82, 2.24) is 4.90 Å². The Labute approximate surface area is 157 Å². The molecule has 0 saturated carbocycles. The fourth-order valence-electron chi connectivity index (χ4n) is 2.94. The van der Waals surface area contributed by atoms with E-state index in [-0.39, 0.29) is 24.6 Å². The van der Waals surface area contributed by atoms with Crippen molar-refractivity contribution in [3.8, 4) is 5.75 Å². The smallest absolute Gasteiger partial charge is 0.410 e. The summed E-state index contributed by atoms with van der Waals surface area (Å²) in [5.41, 5.74) is 0.174. The van der Waals surface area contributed by atoms with Crippen molar-refractivity contribution in [2.24, 2.45) is 0 Å². The summed E-state index contributed by atoms with van der Waals surface area (Å²) in [6, 6.07) is 7.31. The minimum absolute atomic E-state index is 0.142. The van der Waals surface area contributed by atoms with Crippen LogP contribution in [-0.2, 0) is 9.47 Å². The Morgan fingerprint density at radius 3 is 2.78 bits per heavy atom. The Bertz CT molecular complexity index is 882. The topological polar surface area (TPSA) is 78.2 Å². The number of fused-ring (bicyclic) bond motifs is 1. The molecule has 0 aliphatic carbocycles. The van der Waals surface area contributed by atoms with Crippen molar-refractivity contribution in [3.05, 3.63) is 40.2 Å². The molecule has 1 aromatic heterocycles. The van der Waals surface area contributed by atoms with Crippen LogP contribution in [0.3, 0.4) is 0 Å². The number of rotatable bonds is 3. The van der Waals surface area contributed by atoms with E-state index >= 15 is 0 Å². The quantitative estimate of drug-likeness (QED) is 0.767. The molecule has 1 aromatic carbocycles. The minimum atomic E-state index is -0.553. The van der Waals surface area contributed by atoms with Gasteiger partial charge in [0.05, 0.1) is 13.2 Å². The largest absolute Gasteiger partial charge is 0.483 e. The zero-order valence-corrected chi connectivity index (χ0v) is 16.1. The average Bonchev–Trinajstić information content (AvgIpc) is 2.60. The number of para-hydroxylation sites is 1. The van der Waals surface area contributed by atoms with Gasteiger partial charge in [-0.15, -0.1) is 0 Å². The Morgan fingerprint density at radius 1 is 1.30 bits per heavy atom. The summed E-state index contributed by atoms with van der Waals surface area (Å²) in [5, 5.41) is 0.826. The second-order valence-corrected chi connectivity index (χ2v) is 7.57. The average molecular weight is 375 g/mol. The third-order valence-electron chi connectivity index (χ3n) is 4.22. The van der Waals surface area contributed by atoms with Crippen LogP contribution in [0, 0.1) is 6.92 Å². The molecule has 1 fully saturated rings. The van der Waals surface area contributed by atoms with Crippen LogP contribution in [0.5, 0.6) is 5.75 Å². The molecule has 0 spiro atoms. The summed E-state index contributed by atoms with van der Waals surface area (Å²) in [6.07, 6.45) is -0.728. The van der Waals surface area contributed by atoms with Gasteiger partial charge in [0.25, 0.3) is 0 Å². The fraction of sp³-hybridized carbons (Fsp3) is 0.500. The first kappa shape index (κ1) is 19.2. The first-order valence-electron chi connectivity index (χ1n) is 8.99. The molecule has 2 aromatic rings. The second kappa shape index (κ2) is 7.60. The van der Waals surface area contributed by atoms with E-state index in [4.69, 9.17) is 18.6 Å². The zero-order valence-electron chi connectivity index (χ0n) is 16.1. The van der Waals surface area contributed by atoms with Gasteiger partial charge >= 0.3 is 11.7 Å². The molecule has 0 N–H and O–H groups in total. The SMILES string of the molecule is Cc1c(OCC2CN(C(=O)OC(C)(C)C)CCO2)c(=O)oc2ccccc12. The van der Waals surface area contributed by atoms with Crippen LogP contribution in [0.1, 0.15) is 26.3 Å². The normalized spacial score (nSPS) is 17.8. The molecule has 7 nitrogen and oxygen atoms in total. The van der Waals surface area contributed by atoms with Crippen LogP contribution in [0.25, 0.3) is 11.0 Å². The number of carbonyl (C=O) groups excluding carboxylic acids is 1. The first-order valence-corrected chi connectivity index (χ1v) is 8.99. The third kappa shape index (κ3) is 4.60. The number of hydrogen-bond donors (Lipinski definition) is 0.